The zero-order valence-electron chi connectivity index (χ0n) is 9.24. The first-order valence-electron chi connectivity index (χ1n) is 5.62. The quantitative estimate of drug-likeness (QED) is 0.924. The average molecular weight is 263 g/mol. The zero-order chi connectivity index (χ0) is 11.7. The number of benzene rings is 1. The van der Waals surface area contributed by atoms with E-state index in [0.717, 1.165) is 10.6 Å². The van der Waals surface area contributed by atoms with Crippen molar-refractivity contribution in [1.29, 1.82) is 0 Å². The predicted octanol–water partition coefficient (Wildman–Crippen LogP) is 2.94. The summed E-state index contributed by atoms with van der Waals surface area (Å²) in [7, 11) is 0. The van der Waals surface area contributed by atoms with E-state index in [-0.39, 0.29) is 12.0 Å². The van der Waals surface area contributed by atoms with Crippen LogP contribution < -0.4 is 0 Å². The van der Waals surface area contributed by atoms with Crippen LogP contribution >= 0.6 is 23.1 Å². The number of hydrogen-bond acceptors (Lipinski definition) is 4. The smallest absolute Gasteiger partial charge is 0.0794 e. The van der Waals surface area contributed by atoms with Gasteiger partial charge in [0.2, 0.25) is 0 Å². The summed E-state index contributed by atoms with van der Waals surface area (Å²) in [6, 6.07) is 8.39. The highest BCUT2D eigenvalue weighted by molar-refractivity contribution is 7.99. The van der Waals surface area contributed by atoms with E-state index in [2.05, 4.69) is 29.2 Å². The van der Waals surface area contributed by atoms with E-state index in [1.165, 1.54) is 10.5 Å². The second-order valence-corrected chi connectivity index (χ2v) is 6.23. The Morgan fingerprint density at radius 2 is 2.29 bits per heavy atom. The van der Waals surface area contributed by atoms with Crippen molar-refractivity contribution in [3.05, 3.63) is 46.4 Å². The van der Waals surface area contributed by atoms with E-state index >= 15 is 0 Å². The van der Waals surface area contributed by atoms with Gasteiger partial charge in [0.15, 0.2) is 0 Å². The Labute approximate surface area is 109 Å². The normalized spacial score (nSPS) is 20.2. The lowest BCUT2D eigenvalue weighted by Crippen LogP contribution is -2.20. The molecule has 2 heterocycles. The number of thioether (sulfide) groups is 1. The van der Waals surface area contributed by atoms with E-state index in [1.807, 2.05) is 23.5 Å². The van der Waals surface area contributed by atoms with E-state index in [4.69, 9.17) is 0 Å². The minimum absolute atomic E-state index is 0.262. The summed E-state index contributed by atoms with van der Waals surface area (Å²) < 4.78 is 0. The van der Waals surface area contributed by atoms with E-state index in [1.54, 1.807) is 11.3 Å². The van der Waals surface area contributed by atoms with Crippen molar-refractivity contribution < 1.29 is 5.11 Å². The summed E-state index contributed by atoms with van der Waals surface area (Å²) in [5.41, 5.74) is 3.12. The topological polar surface area (TPSA) is 33.1 Å². The first-order valence-corrected chi connectivity index (χ1v) is 7.48. The molecule has 88 valence electrons. The highest BCUT2D eigenvalue weighted by Crippen LogP contribution is 2.41. The molecule has 2 aromatic rings. The Kier molecular flexibility index (Phi) is 3.18. The maximum atomic E-state index is 10.3. The lowest BCUT2D eigenvalue weighted by atomic mass is 9.93. The molecule has 0 aliphatic carbocycles. The molecule has 1 aromatic heterocycles. The molecule has 2 nitrogen and oxygen atoms in total. The molecule has 3 rings (SSSR count). The van der Waals surface area contributed by atoms with Crippen molar-refractivity contribution in [3.63, 3.8) is 0 Å². The zero-order valence-corrected chi connectivity index (χ0v) is 10.9. The van der Waals surface area contributed by atoms with Crippen LogP contribution in [0.15, 0.2) is 40.9 Å². The van der Waals surface area contributed by atoms with Gasteiger partial charge in [-0.25, -0.2) is 0 Å². The molecule has 1 aliphatic rings. The Bertz CT molecular complexity index is 498. The number of aliphatic hydroxyl groups is 1. The van der Waals surface area contributed by atoms with Gasteiger partial charge in [0.05, 0.1) is 11.6 Å². The van der Waals surface area contributed by atoms with E-state index < -0.39 is 0 Å². The highest BCUT2D eigenvalue weighted by atomic mass is 32.2. The number of thiazole rings is 1. The third-order valence-corrected chi connectivity index (χ3v) is 5.11. The molecule has 1 aliphatic heterocycles. The molecule has 4 heteroatoms. The minimum Gasteiger partial charge on any atom is -0.392 e. The molecule has 0 saturated carbocycles. The predicted molar refractivity (Wildman–Crippen MR) is 71.7 cm³/mol. The van der Waals surface area contributed by atoms with Crippen molar-refractivity contribution >= 4 is 23.1 Å². The van der Waals surface area contributed by atoms with Gasteiger partial charge in [-0.1, -0.05) is 18.2 Å². The fraction of sp³-hybridized carbons (Fsp3) is 0.308. The Morgan fingerprint density at radius 1 is 1.41 bits per heavy atom. The van der Waals surface area contributed by atoms with Gasteiger partial charge in [0.1, 0.15) is 0 Å². The van der Waals surface area contributed by atoms with Crippen LogP contribution in [0.1, 0.15) is 16.4 Å². The Hall–Kier alpha value is -0.840. The van der Waals surface area contributed by atoms with Crippen LogP contribution in [0.5, 0.6) is 0 Å². The summed E-state index contributed by atoms with van der Waals surface area (Å²) in [5.74, 6) is 1.25. The van der Waals surface area contributed by atoms with E-state index in [0.29, 0.717) is 6.42 Å². The monoisotopic (exact) mass is 263 g/mol. The second-order valence-electron chi connectivity index (χ2n) is 4.19. The largest absolute Gasteiger partial charge is 0.392 e. The molecule has 1 N–H and O–H groups in total. The number of aliphatic hydroxyl groups excluding tert-OH is 1. The molecular weight excluding hydrogens is 250 g/mol. The van der Waals surface area contributed by atoms with Crippen molar-refractivity contribution in [2.75, 3.05) is 5.75 Å². The average Bonchev–Trinajstić information content (AvgIpc) is 2.96. The van der Waals surface area contributed by atoms with Crippen molar-refractivity contribution in [1.82, 2.24) is 4.98 Å². The molecule has 0 amide bonds. The number of aromatic nitrogens is 1. The molecule has 1 aromatic carbocycles. The fourth-order valence-corrected chi connectivity index (χ4v) is 4.16. The van der Waals surface area contributed by atoms with Crippen LogP contribution in [0, 0.1) is 0 Å². The number of nitrogens with zero attached hydrogens (tertiary/aromatic N) is 1. The number of fused-ring (bicyclic) bond motifs is 1. The van der Waals surface area contributed by atoms with Gasteiger partial charge < -0.3 is 5.11 Å². The summed E-state index contributed by atoms with van der Waals surface area (Å²) in [6.45, 7) is 0. The molecule has 0 saturated heterocycles. The second kappa shape index (κ2) is 4.80. The summed E-state index contributed by atoms with van der Waals surface area (Å²) >= 11 is 3.46. The van der Waals surface area contributed by atoms with Gasteiger partial charge in [0.25, 0.3) is 0 Å². The van der Waals surface area contributed by atoms with Gasteiger partial charge in [-0.15, -0.1) is 23.1 Å². The van der Waals surface area contributed by atoms with Crippen LogP contribution in [0.2, 0.25) is 0 Å². The minimum atomic E-state index is -0.299. The first kappa shape index (κ1) is 11.3. The fourth-order valence-electron chi connectivity index (χ4n) is 2.20. The third-order valence-electron chi connectivity index (χ3n) is 3.10. The Balaban J connectivity index is 1.78. The van der Waals surface area contributed by atoms with Gasteiger partial charge in [-0.3, -0.25) is 4.98 Å². The van der Waals surface area contributed by atoms with Crippen LogP contribution in [0.4, 0.5) is 0 Å². The van der Waals surface area contributed by atoms with Crippen molar-refractivity contribution in [3.8, 4) is 0 Å². The summed E-state index contributed by atoms with van der Waals surface area (Å²) in [6.07, 6.45) is 2.26. The molecular formula is C13H13NOS2. The van der Waals surface area contributed by atoms with Crippen molar-refractivity contribution in [2.24, 2.45) is 0 Å². The Morgan fingerprint density at radius 3 is 3.12 bits per heavy atom. The molecule has 0 spiro atoms. The summed E-state index contributed by atoms with van der Waals surface area (Å²) in [4.78, 5) is 6.53. The van der Waals surface area contributed by atoms with Crippen LogP contribution in [0.3, 0.4) is 0 Å². The highest BCUT2D eigenvalue weighted by Gasteiger charge is 2.29. The van der Waals surface area contributed by atoms with Crippen molar-refractivity contribution in [2.45, 2.75) is 23.3 Å². The lowest BCUT2D eigenvalue weighted by Gasteiger charge is -2.17. The lowest BCUT2D eigenvalue weighted by molar-refractivity contribution is 0.152. The van der Waals surface area contributed by atoms with E-state index in [9.17, 15) is 5.11 Å². The molecule has 0 bridgehead atoms. The number of rotatable bonds is 3. The molecule has 17 heavy (non-hydrogen) atoms. The third kappa shape index (κ3) is 2.25. The SMILES string of the molecule is OC(Cc1cncs1)C1CSc2ccccc21. The maximum absolute atomic E-state index is 10.3. The summed E-state index contributed by atoms with van der Waals surface area (Å²) in [5, 5.41) is 10.3. The maximum Gasteiger partial charge on any atom is 0.0794 e. The molecule has 2 atom stereocenters. The molecule has 2 unspecified atom stereocenters. The first-order chi connectivity index (χ1) is 8.34. The van der Waals surface area contributed by atoms with Gasteiger partial charge in [-0.05, 0) is 11.6 Å². The van der Waals surface area contributed by atoms with Crippen LogP contribution in [0.25, 0.3) is 0 Å². The van der Waals surface area contributed by atoms with Gasteiger partial charge >= 0.3 is 0 Å². The standard InChI is InChI=1S/C13H13NOS2/c15-12(5-9-6-14-8-17-9)11-7-16-13-4-2-1-3-10(11)13/h1-4,6,8,11-12,15H,5,7H2. The van der Waals surface area contributed by atoms with Crippen LogP contribution in [-0.4, -0.2) is 21.9 Å². The van der Waals surface area contributed by atoms with Gasteiger partial charge in [0, 0.05) is 34.1 Å². The molecule has 0 radical (unpaired) electrons. The number of hydrogen-bond donors (Lipinski definition) is 1. The molecule has 0 fully saturated rings. The van der Waals surface area contributed by atoms with Crippen LogP contribution in [-0.2, 0) is 6.42 Å². The van der Waals surface area contributed by atoms with Gasteiger partial charge in [-0.2, -0.15) is 0 Å².